The molecule has 2 N–H and O–H groups in total. The third-order valence-corrected chi connectivity index (χ3v) is 1.68. The van der Waals surface area contributed by atoms with Gasteiger partial charge in [-0.1, -0.05) is 6.07 Å². The Morgan fingerprint density at radius 2 is 2.33 bits per heavy atom. The predicted molar refractivity (Wildman–Crippen MR) is 53.6 cm³/mol. The number of hydrogen-bond acceptors (Lipinski definition) is 4. The molecule has 78 valence electrons. The van der Waals surface area contributed by atoms with E-state index in [1.165, 1.54) is 12.1 Å². The lowest BCUT2D eigenvalue weighted by molar-refractivity contribution is 0.0945. The molecule has 0 saturated heterocycles. The molecule has 0 atom stereocenters. The Kier molecular flexibility index (Phi) is 4.22. The highest BCUT2D eigenvalue weighted by atomic mass is 16.3. The molecule has 0 unspecified atom stereocenters. The van der Waals surface area contributed by atoms with E-state index in [1.807, 2.05) is 0 Å². The van der Waals surface area contributed by atoms with Crippen LogP contribution in [0.15, 0.2) is 29.3 Å². The van der Waals surface area contributed by atoms with Crippen LogP contribution in [0.5, 0.6) is 0 Å². The van der Waals surface area contributed by atoms with Gasteiger partial charge in [0.05, 0.1) is 12.3 Å². The number of carbonyl (C=O) groups is 1. The lowest BCUT2D eigenvalue weighted by Crippen LogP contribution is -2.26. The van der Waals surface area contributed by atoms with E-state index in [4.69, 9.17) is 5.11 Å². The van der Waals surface area contributed by atoms with Crippen LogP contribution < -0.4 is 5.32 Å². The summed E-state index contributed by atoms with van der Waals surface area (Å²) in [6, 6.07) is 6.27. The van der Waals surface area contributed by atoms with Crippen LogP contribution in [0.2, 0.25) is 0 Å². The first kappa shape index (κ1) is 11.1. The van der Waals surface area contributed by atoms with Crippen LogP contribution in [0, 0.1) is 0 Å². The number of amides is 1. The second-order valence-electron chi connectivity index (χ2n) is 2.73. The van der Waals surface area contributed by atoms with Crippen molar-refractivity contribution in [3.8, 4) is 0 Å². The van der Waals surface area contributed by atoms with E-state index in [0.717, 1.165) is 0 Å². The first-order valence-corrected chi connectivity index (χ1v) is 4.35. The van der Waals surface area contributed by atoms with Crippen LogP contribution in [0.3, 0.4) is 0 Å². The lowest BCUT2D eigenvalue weighted by Gasteiger charge is -2.02. The number of nitrogens with zero attached hydrogens (tertiary/aromatic N) is 1. The molecule has 0 heterocycles. The van der Waals surface area contributed by atoms with Crippen LogP contribution >= 0.6 is 0 Å². The third-order valence-electron chi connectivity index (χ3n) is 1.68. The summed E-state index contributed by atoms with van der Waals surface area (Å²) in [5.74, 6) is -0.313. The van der Waals surface area contributed by atoms with Crippen molar-refractivity contribution in [3.05, 3.63) is 29.8 Å². The van der Waals surface area contributed by atoms with Crippen molar-refractivity contribution < 1.29 is 14.7 Å². The van der Waals surface area contributed by atoms with Gasteiger partial charge in [-0.2, -0.15) is 4.99 Å². The zero-order valence-corrected chi connectivity index (χ0v) is 7.93. The van der Waals surface area contributed by atoms with E-state index in [1.54, 1.807) is 18.2 Å². The fraction of sp³-hybridized carbons (Fsp3) is 0.200. The second-order valence-corrected chi connectivity index (χ2v) is 2.73. The molecule has 0 saturated carbocycles. The Balaban J connectivity index is 2.80. The van der Waals surface area contributed by atoms with Crippen LogP contribution in [-0.4, -0.2) is 30.2 Å². The maximum atomic E-state index is 11.4. The molecule has 15 heavy (non-hydrogen) atoms. The number of isocyanates is 1. The molecule has 0 aliphatic carbocycles. The third kappa shape index (κ3) is 3.34. The molecule has 5 nitrogen and oxygen atoms in total. The number of carbonyl (C=O) groups excluding carboxylic acids is 2. The molecule has 0 aliphatic rings. The summed E-state index contributed by atoms with van der Waals surface area (Å²) in [5, 5.41) is 11.0. The van der Waals surface area contributed by atoms with Gasteiger partial charge >= 0.3 is 0 Å². The number of aliphatic hydroxyl groups is 1. The summed E-state index contributed by atoms with van der Waals surface area (Å²) in [6.45, 7) is 0.0813. The topological polar surface area (TPSA) is 78.8 Å². The van der Waals surface area contributed by atoms with E-state index in [-0.39, 0.29) is 19.1 Å². The van der Waals surface area contributed by atoms with E-state index in [0.29, 0.717) is 11.3 Å². The maximum absolute atomic E-state index is 11.4. The molecule has 0 fully saturated rings. The van der Waals surface area contributed by atoms with E-state index in [2.05, 4.69) is 10.3 Å². The van der Waals surface area contributed by atoms with Crippen molar-refractivity contribution in [2.45, 2.75) is 0 Å². The molecule has 5 heteroatoms. The highest BCUT2D eigenvalue weighted by Gasteiger charge is 2.04. The molecule has 1 aromatic carbocycles. The van der Waals surface area contributed by atoms with Gasteiger partial charge in [-0.3, -0.25) is 4.79 Å². The Hall–Kier alpha value is -1.97. The average Bonchev–Trinajstić information content (AvgIpc) is 2.27. The summed E-state index contributed by atoms with van der Waals surface area (Å²) in [4.78, 5) is 24.8. The lowest BCUT2D eigenvalue weighted by atomic mass is 10.2. The molecule has 0 spiro atoms. The average molecular weight is 206 g/mol. The van der Waals surface area contributed by atoms with Gasteiger partial charge in [-0.15, -0.1) is 0 Å². The van der Waals surface area contributed by atoms with Crippen molar-refractivity contribution in [2.75, 3.05) is 13.2 Å². The highest BCUT2D eigenvalue weighted by Crippen LogP contribution is 2.12. The van der Waals surface area contributed by atoms with Crippen molar-refractivity contribution in [1.29, 1.82) is 0 Å². The number of hydrogen-bond donors (Lipinski definition) is 2. The summed E-state index contributed by atoms with van der Waals surface area (Å²) < 4.78 is 0. The zero-order valence-electron chi connectivity index (χ0n) is 7.93. The predicted octanol–water partition coefficient (Wildman–Crippen LogP) is 0.376. The van der Waals surface area contributed by atoms with E-state index < -0.39 is 0 Å². The highest BCUT2D eigenvalue weighted by molar-refractivity contribution is 5.94. The van der Waals surface area contributed by atoms with E-state index in [9.17, 15) is 9.59 Å². The van der Waals surface area contributed by atoms with Crippen LogP contribution in [-0.2, 0) is 4.79 Å². The first-order chi connectivity index (χ1) is 7.27. The Bertz CT molecular complexity index is 397. The smallest absolute Gasteiger partial charge is 0.251 e. The fourth-order valence-electron chi connectivity index (χ4n) is 1.04. The minimum absolute atomic E-state index is 0.113. The van der Waals surface area contributed by atoms with Gasteiger partial charge in [0, 0.05) is 12.1 Å². The van der Waals surface area contributed by atoms with Gasteiger partial charge in [-0.25, -0.2) is 4.79 Å². The molecule has 1 rings (SSSR count). The molecule has 1 aromatic rings. The SMILES string of the molecule is O=C=Nc1cccc(C(=O)NCCO)c1. The summed E-state index contributed by atoms with van der Waals surface area (Å²) in [5.41, 5.74) is 0.765. The van der Waals surface area contributed by atoms with Crippen molar-refractivity contribution in [1.82, 2.24) is 5.32 Å². The number of benzene rings is 1. The van der Waals surface area contributed by atoms with Crippen molar-refractivity contribution in [2.24, 2.45) is 4.99 Å². The largest absolute Gasteiger partial charge is 0.395 e. The summed E-state index contributed by atoms with van der Waals surface area (Å²) >= 11 is 0. The monoisotopic (exact) mass is 206 g/mol. The molecule has 0 aliphatic heterocycles. The quantitative estimate of drug-likeness (QED) is 0.552. The number of rotatable bonds is 4. The van der Waals surface area contributed by atoms with Crippen molar-refractivity contribution >= 4 is 17.7 Å². The normalized spacial score (nSPS) is 9.13. The minimum Gasteiger partial charge on any atom is -0.395 e. The van der Waals surface area contributed by atoms with Gasteiger partial charge in [0.1, 0.15) is 0 Å². The first-order valence-electron chi connectivity index (χ1n) is 4.35. The summed E-state index contributed by atoms with van der Waals surface area (Å²) in [6.07, 6.45) is 1.40. The zero-order chi connectivity index (χ0) is 11.1. The number of nitrogens with one attached hydrogen (secondary N) is 1. The van der Waals surface area contributed by atoms with Crippen LogP contribution in [0.4, 0.5) is 5.69 Å². The van der Waals surface area contributed by atoms with Crippen LogP contribution in [0.1, 0.15) is 10.4 Å². The van der Waals surface area contributed by atoms with Gasteiger partial charge in [0.2, 0.25) is 6.08 Å². The molecular weight excluding hydrogens is 196 g/mol. The maximum Gasteiger partial charge on any atom is 0.251 e. The van der Waals surface area contributed by atoms with Gasteiger partial charge < -0.3 is 10.4 Å². The molecule has 0 radical (unpaired) electrons. The Morgan fingerprint density at radius 3 is 3.00 bits per heavy atom. The Labute approximate surface area is 86.5 Å². The van der Waals surface area contributed by atoms with Crippen LogP contribution in [0.25, 0.3) is 0 Å². The number of aliphatic hydroxyl groups excluding tert-OH is 1. The standard InChI is InChI=1S/C10H10N2O3/c13-5-4-11-10(15)8-2-1-3-9(6-8)12-7-14/h1-3,6,13H,4-5H2,(H,11,15). The minimum atomic E-state index is -0.313. The fourth-order valence-corrected chi connectivity index (χ4v) is 1.04. The van der Waals surface area contributed by atoms with Gasteiger partial charge in [-0.05, 0) is 18.2 Å². The molecular formula is C10H10N2O3. The number of aliphatic imine (C=N–C) groups is 1. The Morgan fingerprint density at radius 1 is 1.53 bits per heavy atom. The van der Waals surface area contributed by atoms with E-state index >= 15 is 0 Å². The van der Waals surface area contributed by atoms with Gasteiger partial charge in [0.15, 0.2) is 0 Å². The van der Waals surface area contributed by atoms with Crippen molar-refractivity contribution in [3.63, 3.8) is 0 Å². The summed E-state index contributed by atoms with van der Waals surface area (Å²) in [7, 11) is 0. The second kappa shape index (κ2) is 5.70. The molecule has 1 amide bonds. The van der Waals surface area contributed by atoms with Gasteiger partial charge in [0.25, 0.3) is 5.91 Å². The molecule has 0 aromatic heterocycles. The molecule has 0 bridgehead atoms.